The molecule has 6 nitrogen and oxygen atoms in total. The highest BCUT2D eigenvalue weighted by molar-refractivity contribution is 5.40. The number of ether oxygens (including phenoxy) is 2. The Hall–Kier alpha value is -2.08. The lowest BCUT2D eigenvalue weighted by Gasteiger charge is -2.23. The average Bonchev–Trinajstić information content (AvgIpc) is 3.00. The summed E-state index contributed by atoms with van der Waals surface area (Å²) in [4.78, 5) is 0. The van der Waals surface area contributed by atoms with Gasteiger partial charge in [0.15, 0.2) is 11.5 Å². The molecule has 3 rings (SSSR count). The van der Waals surface area contributed by atoms with Crippen LogP contribution in [-0.4, -0.2) is 29.9 Å². The minimum Gasteiger partial charge on any atom is -0.485 e. The number of nitrogens with zero attached hydrogens (tertiary/aromatic N) is 2. The SMILES string of the molecule is CCNCCCc1nnc(C2COc3ccccc3O2)o1. The van der Waals surface area contributed by atoms with Crippen LogP contribution in [0.3, 0.4) is 0 Å². The molecule has 112 valence electrons. The van der Waals surface area contributed by atoms with Crippen LogP contribution in [0.4, 0.5) is 0 Å². The van der Waals surface area contributed by atoms with Crippen molar-refractivity contribution in [2.75, 3.05) is 19.7 Å². The minimum atomic E-state index is -0.338. The highest BCUT2D eigenvalue weighted by atomic mass is 16.6. The Morgan fingerprint density at radius 1 is 1.24 bits per heavy atom. The van der Waals surface area contributed by atoms with Gasteiger partial charge in [-0.25, -0.2) is 0 Å². The third-order valence-corrected chi connectivity index (χ3v) is 3.26. The second-order valence-electron chi connectivity index (χ2n) is 4.86. The summed E-state index contributed by atoms with van der Waals surface area (Å²) in [7, 11) is 0. The van der Waals surface area contributed by atoms with Crippen molar-refractivity contribution < 1.29 is 13.9 Å². The summed E-state index contributed by atoms with van der Waals surface area (Å²) >= 11 is 0. The van der Waals surface area contributed by atoms with Crippen molar-refractivity contribution in [2.24, 2.45) is 0 Å². The first kappa shape index (κ1) is 13.9. The Balaban J connectivity index is 1.59. The van der Waals surface area contributed by atoms with Gasteiger partial charge in [-0.3, -0.25) is 0 Å². The molecule has 1 unspecified atom stereocenters. The van der Waals surface area contributed by atoms with E-state index in [1.54, 1.807) is 0 Å². The van der Waals surface area contributed by atoms with E-state index in [-0.39, 0.29) is 6.10 Å². The number of aryl methyl sites for hydroxylation is 1. The van der Waals surface area contributed by atoms with Crippen LogP contribution >= 0.6 is 0 Å². The van der Waals surface area contributed by atoms with E-state index in [1.807, 2.05) is 24.3 Å². The van der Waals surface area contributed by atoms with Crippen molar-refractivity contribution in [1.29, 1.82) is 0 Å². The summed E-state index contributed by atoms with van der Waals surface area (Å²) in [5.74, 6) is 2.58. The summed E-state index contributed by atoms with van der Waals surface area (Å²) in [5, 5.41) is 11.4. The van der Waals surface area contributed by atoms with Crippen molar-refractivity contribution in [2.45, 2.75) is 25.9 Å². The number of hydrogen-bond donors (Lipinski definition) is 1. The molecule has 0 amide bonds. The van der Waals surface area contributed by atoms with Gasteiger partial charge in [-0.2, -0.15) is 0 Å². The van der Waals surface area contributed by atoms with Crippen LogP contribution in [0.15, 0.2) is 28.7 Å². The Morgan fingerprint density at radius 3 is 2.95 bits per heavy atom. The summed E-state index contributed by atoms with van der Waals surface area (Å²) in [6.07, 6.45) is 1.40. The van der Waals surface area contributed by atoms with E-state index in [2.05, 4.69) is 22.4 Å². The lowest BCUT2D eigenvalue weighted by molar-refractivity contribution is 0.0703. The van der Waals surface area contributed by atoms with Gasteiger partial charge in [0.05, 0.1) is 0 Å². The van der Waals surface area contributed by atoms with E-state index < -0.39 is 0 Å². The second-order valence-corrected chi connectivity index (χ2v) is 4.86. The van der Waals surface area contributed by atoms with Gasteiger partial charge in [0.1, 0.15) is 6.61 Å². The molecule has 1 N–H and O–H groups in total. The predicted molar refractivity (Wildman–Crippen MR) is 76.5 cm³/mol. The maximum absolute atomic E-state index is 5.84. The van der Waals surface area contributed by atoms with Gasteiger partial charge in [0.2, 0.25) is 12.0 Å². The molecular weight excluding hydrogens is 270 g/mol. The van der Waals surface area contributed by atoms with Crippen molar-refractivity contribution in [3.63, 3.8) is 0 Å². The Bertz CT molecular complexity index is 585. The number of hydrogen-bond acceptors (Lipinski definition) is 6. The first-order valence-corrected chi connectivity index (χ1v) is 7.28. The van der Waals surface area contributed by atoms with Gasteiger partial charge in [0.25, 0.3) is 5.89 Å². The Morgan fingerprint density at radius 2 is 2.10 bits per heavy atom. The number of para-hydroxylation sites is 2. The quantitative estimate of drug-likeness (QED) is 0.822. The third kappa shape index (κ3) is 3.33. The van der Waals surface area contributed by atoms with Gasteiger partial charge in [0, 0.05) is 6.42 Å². The third-order valence-electron chi connectivity index (χ3n) is 3.26. The zero-order valence-electron chi connectivity index (χ0n) is 12.0. The zero-order chi connectivity index (χ0) is 14.5. The molecule has 1 aromatic heterocycles. The molecule has 0 fully saturated rings. The molecule has 0 saturated heterocycles. The van der Waals surface area contributed by atoms with Crippen LogP contribution in [-0.2, 0) is 6.42 Å². The molecule has 1 aliphatic rings. The largest absolute Gasteiger partial charge is 0.485 e. The first-order valence-electron chi connectivity index (χ1n) is 7.28. The van der Waals surface area contributed by atoms with Crippen molar-refractivity contribution >= 4 is 0 Å². The van der Waals surface area contributed by atoms with Gasteiger partial charge in [-0.1, -0.05) is 19.1 Å². The molecule has 0 spiro atoms. The molecule has 0 aliphatic carbocycles. The fraction of sp³-hybridized carbons (Fsp3) is 0.467. The second kappa shape index (κ2) is 6.58. The van der Waals surface area contributed by atoms with Crippen LogP contribution in [0, 0.1) is 0 Å². The zero-order valence-corrected chi connectivity index (χ0v) is 12.0. The molecule has 1 aromatic carbocycles. The lowest BCUT2D eigenvalue weighted by Crippen LogP contribution is -2.21. The normalized spacial score (nSPS) is 16.9. The molecular formula is C15H19N3O3. The fourth-order valence-electron chi connectivity index (χ4n) is 2.18. The first-order chi connectivity index (χ1) is 10.4. The molecule has 2 heterocycles. The van der Waals surface area contributed by atoms with Crippen molar-refractivity contribution in [1.82, 2.24) is 15.5 Å². The summed E-state index contributed by atoms with van der Waals surface area (Å²) in [6, 6.07) is 7.57. The molecule has 0 radical (unpaired) electrons. The van der Waals surface area contributed by atoms with Crippen molar-refractivity contribution in [3.8, 4) is 11.5 Å². The molecule has 21 heavy (non-hydrogen) atoms. The van der Waals surface area contributed by atoms with Gasteiger partial charge >= 0.3 is 0 Å². The van der Waals surface area contributed by atoms with E-state index in [0.29, 0.717) is 24.1 Å². The van der Waals surface area contributed by atoms with Crippen LogP contribution in [0.5, 0.6) is 11.5 Å². The number of aromatic nitrogens is 2. The number of nitrogens with one attached hydrogen (secondary N) is 1. The molecule has 6 heteroatoms. The molecule has 2 aromatic rings. The summed E-state index contributed by atoms with van der Waals surface area (Å²) in [5.41, 5.74) is 0. The van der Waals surface area contributed by atoms with Crippen LogP contribution < -0.4 is 14.8 Å². The molecule has 1 atom stereocenters. The van der Waals surface area contributed by atoms with E-state index in [9.17, 15) is 0 Å². The smallest absolute Gasteiger partial charge is 0.260 e. The average molecular weight is 289 g/mol. The number of fused-ring (bicyclic) bond motifs is 1. The van der Waals surface area contributed by atoms with E-state index in [1.165, 1.54) is 0 Å². The summed E-state index contributed by atoms with van der Waals surface area (Å²) in [6.45, 7) is 4.39. The van der Waals surface area contributed by atoms with Crippen LogP contribution in [0.25, 0.3) is 0 Å². The Labute approximate surface area is 123 Å². The standard InChI is InChI=1S/C15H19N3O3/c1-2-16-9-5-8-14-17-18-15(21-14)13-10-19-11-6-3-4-7-12(11)20-13/h3-4,6-7,13,16H,2,5,8-10H2,1H3. The molecule has 0 bridgehead atoms. The van der Waals surface area contributed by atoms with E-state index in [4.69, 9.17) is 13.9 Å². The minimum absolute atomic E-state index is 0.338. The Kier molecular flexibility index (Phi) is 4.35. The maximum Gasteiger partial charge on any atom is 0.260 e. The van der Waals surface area contributed by atoms with Crippen molar-refractivity contribution in [3.05, 3.63) is 36.0 Å². The highest BCUT2D eigenvalue weighted by Gasteiger charge is 2.27. The monoisotopic (exact) mass is 289 g/mol. The highest BCUT2D eigenvalue weighted by Crippen LogP contribution is 2.35. The molecule has 1 aliphatic heterocycles. The predicted octanol–water partition coefficient (Wildman–Crippen LogP) is 2.12. The lowest BCUT2D eigenvalue weighted by atomic mass is 10.2. The fourth-order valence-corrected chi connectivity index (χ4v) is 2.18. The van der Waals surface area contributed by atoms with Gasteiger partial charge in [-0.15, -0.1) is 10.2 Å². The summed E-state index contributed by atoms with van der Waals surface area (Å²) < 4.78 is 17.2. The van der Waals surface area contributed by atoms with E-state index in [0.717, 1.165) is 31.7 Å². The number of rotatable bonds is 6. The van der Waals surface area contributed by atoms with E-state index >= 15 is 0 Å². The molecule has 0 saturated carbocycles. The maximum atomic E-state index is 5.84. The topological polar surface area (TPSA) is 69.4 Å². The van der Waals surface area contributed by atoms with Crippen LogP contribution in [0.2, 0.25) is 0 Å². The van der Waals surface area contributed by atoms with Crippen LogP contribution in [0.1, 0.15) is 31.2 Å². The number of benzene rings is 1. The van der Waals surface area contributed by atoms with Gasteiger partial charge in [-0.05, 0) is 31.6 Å². The van der Waals surface area contributed by atoms with Gasteiger partial charge < -0.3 is 19.2 Å².